The molecule has 0 spiro atoms. The van der Waals surface area contributed by atoms with Crippen LogP contribution in [0.25, 0.3) is 0 Å². The Hall–Kier alpha value is -1.98. The first kappa shape index (κ1) is 13.5. The summed E-state index contributed by atoms with van der Waals surface area (Å²) in [7, 11) is -3.98. The Labute approximate surface area is 112 Å². The van der Waals surface area contributed by atoms with E-state index in [1.54, 1.807) is 6.07 Å². The molecule has 1 aromatic carbocycles. The molecule has 0 fully saturated rings. The molecule has 0 bridgehead atoms. The zero-order chi connectivity index (χ0) is 14.0. The smallest absolute Gasteiger partial charge is 0.271 e. The van der Waals surface area contributed by atoms with E-state index in [0.29, 0.717) is 6.07 Å². The summed E-state index contributed by atoms with van der Waals surface area (Å²) in [6.45, 7) is 0. The molecule has 2 rings (SSSR count). The minimum Gasteiger partial charge on any atom is -0.276 e. The molecule has 8 heteroatoms. The third-order valence-electron chi connectivity index (χ3n) is 2.13. The lowest BCUT2D eigenvalue weighted by atomic mass is 10.3. The minimum absolute atomic E-state index is 0.118. The molecular formula is C11H6F2N2O2S2. The van der Waals surface area contributed by atoms with Crippen molar-refractivity contribution in [3.05, 3.63) is 46.8 Å². The van der Waals surface area contributed by atoms with Crippen molar-refractivity contribution in [3.63, 3.8) is 0 Å². The van der Waals surface area contributed by atoms with Crippen LogP contribution < -0.4 is 4.72 Å². The van der Waals surface area contributed by atoms with Crippen molar-refractivity contribution < 1.29 is 17.2 Å². The fourth-order valence-electron chi connectivity index (χ4n) is 1.29. The second-order valence-corrected chi connectivity index (χ2v) is 6.45. The van der Waals surface area contributed by atoms with Gasteiger partial charge in [-0.3, -0.25) is 4.72 Å². The summed E-state index contributed by atoms with van der Waals surface area (Å²) in [5.74, 6) is -1.82. The van der Waals surface area contributed by atoms with Gasteiger partial charge in [0.1, 0.15) is 26.8 Å². The summed E-state index contributed by atoms with van der Waals surface area (Å²) >= 11 is 0.760. The lowest BCUT2D eigenvalue weighted by molar-refractivity contribution is 0.583. The van der Waals surface area contributed by atoms with Gasteiger partial charge in [0.05, 0.1) is 5.69 Å². The highest BCUT2D eigenvalue weighted by atomic mass is 32.2. The molecule has 0 aliphatic carbocycles. The van der Waals surface area contributed by atoms with E-state index >= 15 is 0 Å². The predicted octanol–water partition coefficient (Wildman–Crippen LogP) is 2.70. The Bertz CT molecular complexity index is 763. The molecular weight excluding hydrogens is 294 g/mol. The zero-order valence-corrected chi connectivity index (χ0v) is 10.9. The average Bonchev–Trinajstić information content (AvgIpc) is 2.82. The first-order valence-electron chi connectivity index (χ1n) is 4.90. The monoisotopic (exact) mass is 300 g/mol. The summed E-state index contributed by atoms with van der Waals surface area (Å²) in [6, 6.07) is 6.90. The van der Waals surface area contributed by atoms with Crippen molar-refractivity contribution in [1.29, 1.82) is 5.26 Å². The summed E-state index contributed by atoms with van der Waals surface area (Å²) in [5, 5.41) is 8.62. The molecule has 0 saturated carbocycles. The molecule has 1 heterocycles. The molecule has 0 saturated heterocycles. The number of sulfonamides is 1. The number of halogens is 2. The molecule has 98 valence electrons. The first-order valence-corrected chi connectivity index (χ1v) is 7.20. The molecule has 0 amide bonds. The number of hydrogen-bond donors (Lipinski definition) is 1. The Morgan fingerprint density at radius 3 is 2.53 bits per heavy atom. The van der Waals surface area contributed by atoms with Gasteiger partial charge in [-0.15, -0.1) is 11.3 Å². The molecule has 19 heavy (non-hydrogen) atoms. The molecule has 4 nitrogen and oxygen atoms in total. The fourth-order valence-corrected chi connectivity index (χ4v) is 3.46. The van der Waals surface area contributed by atoms with E-state index in [2.05, 4.69) is 0 Å². The van der Waals surface area contributed by atoms with Crippen LogP contribution in [0.4, 0.5) is 14.5 Å². The maximum Gasteiger partial charge on any atom is 0.271 e. The van der Waals surface area contributed by atoms with E-state index in [-0.39, 0.29) is 14.8 Å². The molecule has 0 aliphatic heterocycles. The molecule has 0 aliphatic rings. The van der Waals surface area contributed by atoms with Crippen LogP contribution in [0, 0.1) is 23.0 Å². The van der Waals surface area contributed by atoms with Crippen LogP contribution in [0.15, 0.2) is 34.5 Å². The number of anilines is 1. The Kier molecular flexibility index (Phi) is 3.50. The summed E-state index contributed by atoms with van der Waals surface area (Å²) in [4.78, 5) is 0.222. The van der Waals surface area contributed by atoms with E-state index in [0.717, 1.165) is 23.5 Å². The molecule has 2 aromatic rings. The molecule has 1 aromatic heterocycles. The summed E-state index contributed by atoms with van der Waals surface area (Å²) in [5.41, 5.74) is -0.353. The second-order valence-electron chi connectivity index (χ2n) is 3.46. The van der Waals surface area contributed by atoms with Gasteiger partial charge in [-0.25, -0.2) is 17.2 Å². The SMILES string of the molecule is N#Cc1ccc(S(=O)(=O)Nc2ccc(F)cc2F)s1. The first-order chi connectivity index (χ1) is 8.92. The summed E-state index contributed by atoms with van der Waals surface area (Å²) < 4.78 is 51.7. The number of hydrogen-bond acceptors (Lipinski definition) is 4. The molecule has 1 N–H and O–H groups in total. The standard InChI is InChI=1S/C11H6F2N2O2S2/c12-7-1-3-10(9(13)5-7)15-19(16,17)11-4-2-8(6-14)18-11/h1-5,15H. The quantitative estimate of drug-likeness (QED) is 0.947. The number of nitrogens with zero attached hydrogens (tertiary/aromatic N) is 1. The van der Waals surface area contributed by atoms with Gasteiger partial charge in [0.25, 0.3) is 10.0 Å². The van der Waals surface area contributed by atoms with Crippen LogP contribution in [0.2, 0.25) is 0 Å². The number of benzene rings is 1. The highest BCUT2D eigenvalue weighted by Crippen LogP contribution is 2.24. The van der Waals surface area contributed by atoms with Crippen molar-refractivity contribution in [1.82, 2.24) is 0 Å². The van der Waals surface area contributed by atoms with Crippen LogP contribution in [0.1, 0.15) is 4.88 Å². The van der Waals surface area contributed by atoms with Crippen molar-refractivity contribution in [3.8, 4) is 6.07 Å². The van der Waals surface area contributed by atoms with E-state index in [9.17, 15) is 17.2 Å². The third-order valence-corrected chi connectivity index (χ3v) is 4.98. The highest BCUT2D eigenvalue weighted by molar-refractivity contribution is 7.94. The lowest BCUT2D eigenvalue weighted by Gasteiger charge is -2.06. The van der Waals surface area contributed by atoms with Crippen LogP contribution in [-0.2, 0) is 10.0 Å². The maximum absolute atomic E-state index is 13.4. The van der Waals surface area contributed by atoms with Gasteiger partial charge >= 0.3 is 0 Å². The van der Waals surface area contributed by atoms with E-state index < -0.39 is 21.7 Å². The lowest BCUT2D eigenvalue weighted by Crippen LogP contribution is -2.12. The van der Waals surface area contributed by atoms with Gasteiger partial charge in [0.2, 0.25) is 0 Å². The number of nitriles is 1. The number of rotatable bonds is 3. The largest absolute Gasteiger partial charge is 0.276 e. The van der Waals surface area contributed by atoms with E-state index in [4.69, 9.17) is 5.26 Å². The highest BCUT2D eigenvalue weighted by Gasteiger charge is 2.18. The van der Waals surface area contributed by atoms with Gasteiger partial charge in [0, 0.05) is 6.07 Å². The van der Waals surface area contributed by atoms with Crippen molar-refractivity contribution in [2.24, 2.45) is 0 Å². The molecule has 0 radical (unpaired) electrons. The van der Waals surface area contributed by atoms with Gasteiger partial charge in [-0.05, 0) is 24.3 Å². The minimum atomic E-state index is -3.98. The van der Waals surface area contributed by atoms with Gasteiger partial charge in [-0.2, -0.15) is 5.26 Å². The van der Waals surface area contributed by atoms with Crippen molar-refractivity contribution in [2.45, 2.75) is 4.21 Å². The average molecular weight is 300 g/mol. The maximum atomic E-state index is 13.4. The van der Waals surface area contributed by atoms with Gasteiger partial charge in [0.15, 0.2) is 0 Å². The van der Waals surface area contributed by atoms with E-state index in [1.165, 1.54) is 12.1 Å². The normalized spacial score (nSPS) is 11.0. The molecule has 0 unspecified atom stereocenters. The Morgan fingerprint density at radius 2 is 1.95 bits per heavy atom. The number of thiophene rings is 1. The van der Waals surface area contributed by atoms with Gasteiger partial charge in [-0.1, -0.05) is 0 Å². The number of nitrogens with one attached hydrogen (secondary N) is 1. The Balaban J connectivity index is 2.34. The van der Waals surface area contributed by atoms with Crippen LogP contribution in [0.5, 0.6) is 0 Å². The van der Waals surface area contributed by atoms with Crippen molar-refractivity contribution >= 4 is 27.0 Å². The van der Waals surface area contributed by atoms with Crippen LogP contribution >= 0.6 is 11.3 Å². The predicted molar refractivity (Wildman–Crippen MR) is 66.2 cm³/mol. The summed E-state index contributed by atoms with van der Waals surface area (Å²) in [6.07, 6.45) is 0. The second kappa shape index (κ2) is 4.95. The topological polar surface area (TPSA) is 70.0 Å². The van der Waals surface area contributed by atoms with Gasteiger partial charge < -0.3 is 0 Å². The third kappa shape index (κ3) is 2.89. The zero-order valence-electron chi connectivity index (χ0n) is 9.22. The van der Waals surface area contributed by atoms with Crippen LogP contribution in [0.3, 0.4) is 0 Å². The fraction of sp³-hybridized carbons (Fsp3) is 0. The Morgan fingerprint density at radius 1 is 1.21 bits per heavy atom. The van der Waals surface area contributed by atoms with E-state index in [1.807, 2.05) is 4.72 Å². The molecule has 0 atom stereocenters. The van der Waals surface area contributed by atoms with Crippen molar-refractivity contribution in [2.75, 3.05) is 4.72 Å². The van der Waals surface area contributed by atoms with Crippen LogP contribution in [-0.4, -0.2) is 8.42 Å².